The summed E-state index contributed by atoms with van der Waals surface area (Å²) < 4.78 is 2.02. The molecule has 7 rings (SSSR count). The molecule has 1 nitrogen and oxygen atoms in total. The standard InChI is InChI=1S/C38H26OS/c1-25-32(27-12-6-3-7-13-27)16-9-17-33(25)31-19-21-37-35(24-31)38(39)34-23-30(18-20-36(34)40-37)29-15-8-14-28(22-29)26-10-4-2-5-11-26/h2-24H,1H3. The topological polar surface area (TPSA) is 17.1 Å². The highest BCUT2D eigenvalue weighted by Crippen LogP contribution is 2.35. The van der Waals surface area contributed by atoms with E-state index in [1.807, 2.05) is 12.1 Å². The Labute approximate surface area is 237 Å². The summed E-state index contributed by atoms with van der Waals surface area (Å²) in [4.78, 5) is 13.9. The van der Waals surface area contributed by atoms with E-state index in [2.05, 4.69) is 134 Å². The van der Waals surface area contributed by atoms with Crippen LogP contribution in [0.3, 0.4) is 0 Å². The molecule has 0 bridgehead atoms. The third-order valence-electron chi connectivity index (χ3n) is 7.70. The van der Waals surface area contributed by atoms with Crippen LogP contribution in [0.15, 0.2) is 144 Å². The molecule has 0 aliphatic rings. The largest absolute Gasteiger partial charge is 0.289 e. The fourth-order valence-electron chi connectivity index (χ4n) is 5.59. The molecule has 0 saturated heterocycles. The van der Waals surface area contributed by atoms with E-state index in [1.54, 1.807) is 11.3 Å². The zero-order valence-electron chi connectivity index (χ0n) is 22.1. The second-order valence-electron chi connectivity index (χ2n) is 10.1. The fraction of sp³-hybridized carbons (Fsp3) is 0.0263. The van der Waals surface area contributed by atoms with Crippen LogP contribution in [-0.4, -0.2) is 0 Å². The molecule has 0 N–H and O–H groups in total. The van der Waals surface area contributed by atoms with Crippen LogP contribution < -0.4 is 5.43 Å². The molecule has 190 valence electrons. The Morgan fingerprint density at radius 2 is 0.900 bits per heavy atom. The van der Waals surface area contributed by atoms with Gasteiger partial charge in [0.05, 0.1) is 0 Å². The Hall–Kier alpha value is -4.79. The molecular formula is C38H26OS. The van der Waals surface area contributed by atoms with Gasteiger partial charge in [0.15, 0.2) is 5.43 Å². The molecule has 0 fully saturated rings. The lowest BCUT2D eigenvalue weighted by Crippen LogP contribution is -2.01. The van der Waals surface area contributed by atoms with E-state index in [-0.39, 0.29) is 5.43 Å². The van der Waals surface area contributed by atoms with E-state index in [0.717, 1.165) is 42.4 Å². The van der Waals surface area contributed by atoms with Crippen molar-refractivity contribution < 1.29 is 0 Å². The van der Waals surface area contributed by atoms with Gasteiger partial charge >= 0.3 is 0 Å². The first-order chi connectivity index (χ1) is 19.7. The second kappa shape index (κ2) is 10.1. The normalized spacial score (nSPS) is 11.2. The second-order valence-corrected chi connectivity index (χ2v) is 11.2. The molecule has 0 unspecified atom stereocenters. The predicted molar refractivity (Wildman–Crippen MR) is 172 cm³/mol. The van der Waals surface area contributed by atoms with Crippen molar-refractivity contribution in [1.29, 1.82) is 0 Å². The maximum Gasteiger partial charge on any atom is 0.195 e. The monoisotopic (exact) mass is 530 g/mol. The summed E-state index contributed by atoms with van der Waals surface area (Å²) in [7, 11) is 0. The Kier molecular flexibility index (Phi) is 6.11. The van der Waals surface area contributed by atoms with Crippen molar-refractivity contribution in [3.63, 3.8) is 0 Å². The Morgan fingerprint density at radius 1 is 0.425 bits per heavy atom. The SMILES string of the molecule is Cc1c(-c2ccccc2)cccc1-c1ccc2sc3ccc(-c4cccc(-c5ccccc5)c4)cc3c(=O)c2c1. The fourth-order valence-corrected chi connectivity index (χ4v) is 6.62. The minimum absolute atomic E-state index is 0.0866. The van der Waals surface area contributed by atoms with Crippen LogP contribution in [0.1, 0.15) is 5.56 Å². The Balaban J connectivity index is 1.34. The van der Waals surface area contributed by atoms with E-state index >= 15 is 0 Å². The lowest BCUT2D eigenvalue weighted by Gasteiger charge is -2.13. The van der Waals surface area contributed by atoms with Gasteiger partial charge in [-0.15, -0.1) is 11.3 Å². The van der Waals surface area contributed by atoms with Gasteiger partial charge in [0.2, 0.25) is 0 Å². The number of fused-ring (bicyclic) bond motifs is 2. The van der Waals surface area contributed by atoms with Crippen molar-refractivity contribution in [3.05, 3.63) is 155 Å². The van der Waals surface area contributed by atoms with E-state index in [9.17, 15) is 4.79 Å². The molecule has 40 heavy (non-hydrogen) atoms. The molecule has 1 heterocycles. The van der Waals surface area contributed by atoms with Crippen LogP contribution in [-0.2, 0) is 0 Å². The summed E-state index contributed by atoms with van der Waals surface area (Å²) in [5.74, 6) is 0. The summed E-state index contributed by atoms with van der Waals surface area (Å²) in [5.41, 5.74) is 10.4. The maximum absolute atomic E-state index is 13.9. The summed E-state index contributed by atoms with van der Waals surface area (Å²) in [5, 5.41) is 1.54. The number of rotatable bonds is 4. The van der Waals surface area contributed by atoms with Crippen LogP contribution in [0.5, 0.6) is 0 Å². The first-order valence-corrected chi connectivity index (χ1v) is 14.3. The molecule has 0 amide bonds. The molecule has 6 aromatic carbocycles. The van der Waals surface area contributed by atoms with Crippen molar-refractivity contribution >= 4 is 31.5 Å². The lowest BCUT2D eigenvalue weighted by molar-refractivity contribution is 1.45. The van der Waals surface area contributed by atoms with E-state index < -0.39 is 0 Å². The van der Waals surface area contributed by atoms with Crippen LogP contribution in [0.2, 0.25) is 0 Å². The third-order valence-corrected chi connectivity index (χ3v) is 8.85. The molecule has 0 atom stereocenters. The van der Waals surface area contributed by atoms with Gasteiger partial charge in [0.1, 0.15) is 0 Å². The highest BCUT2D eigenvalue weighted by Gasteiger charge is 2.12. The average molecular weight is 531 g/mol. The summed E-state index contributed by atoms with van der Waals surface area (Å²) in [6, 6.07) is 48.4. The first kappa shape index (κ1) is 24.3. The number of benzene rings is 6. The van der Waals surface area contributed by atoms with E-state index in [1.165, 1.54) is 27.8 Å². The van der Waals surface area contributed by atoms with Gasteiger partial charge in [-0.3, -0.25) is 4.79 Å². The molecule has 1 aromatic heterocycles. The van der Waals surface area contributed by atoms with Gasteiger partial charge in [0, 0.05) is 20.2 Å². The van der Waals surface area contributed by atoms with Gasteiger partial charge < -0.3 is 0 Å². The molecule has 0 spiro atoms. The first-order valence-electron chi connectivity index (χ1n) is 13.5. The van der Waals surface area contributed by atoms with Gasteiger partial charge in [-0.25, -0.2) is 0 Å². The third kappa shape index (κ3) is 4.33. The highest BCUT2D eigenvalue weighted by molar-refractivity contribution is 7.24. The zero-order valence-corrected chi connectivity index (χ0v) is 22.9. The van der Waals surface area contributed by atoms with Crippen molar-refractivity contribution in [2.45, 2.75) is 6.92 Å². The molecule has 7 aromatic rings. The smallest absolute Gasteiger partial charge is 0.195 e. The number of hydrogen-bond donors (Lipinski definition) is 0. The van der Waals surface area contributed by atoms with Crippen LogP contribution in [0, 0.1) is 6.92 Å². The zero-order chi connectivity index (χ0) is 27.1. The molecule has 2 heteroatoms. The molecule has 0 aliphatic heterocycles. The molecular weight excluding hydrogens is 504 g/mol. The minimum atomic E-state index is 0.0866. The minimum Gasteiger partial charge on any atom is -0.289 e. The summed E-state index contributed by atoms with van der Waals surface area (Å²) >= 11 is 1.68. The quantitative estimate of drug-likeness (QED) is 0.207. The van der Waals surface area contributed by atoms with E-state index in [4.69, 9.17) is 0 Å². The lowest BCUT2D eigenvalue weighted by atomic mass is 9.92. The molecule has 0 radical (unpaired) electrons. The predicted octanol–water partition coefficient (Wildman–Crippen LogP) is 10.4. The van der Waals surface area contributed by atoms with Crippen LogP contribution in [0.4, 0.5) is 0 Å². The van der Waals surface area contributed by atoms with Crippen molar-refractivity contribution in [1.82, 2.24) is 0 Å². The van der Waals surface area contributed by atoms with Gasteiger partial charge in [0.25, 0.3) is 0 Å². The van der Waals surface area contributed by atoms with Gasteiger partial charge in [-0.05, 0) is 87.3 Å². The Morgan fingerprint density at radius 3 is 1.57 bits per heavy atom. The Bertz CT molecular complexity index is 2070. The van der Waals surface area contributed by atoms with Crippen LogP contribution in [0.25, 0.3) is 64.7 Å². The van der Waals surface area contributed by atoms with E-state index in [0.29, 0.717) is 0 Å². The summed E-state index contributed by atoms with van der Waals surface area (Å²) in [6.45, 7) is 2.17. The van der Waals surface area contributed by atoms with Crippen LogP contribution >= 0.6 is 11.3 Å². The summed E-state index contributed by atoms with van der Waals surface area (Å²) in [6.07, 6.45) is 0. The maximum atomic E-state index is 13.9. The average Bonchev–Trinajstić information content (AvgIpc) is 3.02. The molecule has 0 saturated carbocycles. The molecule has 0 aliphatic carbocycles. The van der Waals surface area contributed by atoms with Crippen molar-refractivity contribution in [2.24, 2.45) is 0 Å². The highest BCUT2D eigenvalue weighted by atomic mass is 32.1. The van der Waals surface area contributed by atoms with Gasteiger partial charge in [-0.2, -0.15) is 0 Å². The number of hydrogen-bond acceptors (Lipinski definition) is 2. The van der Waals surface area contributed by atoms with Gasteiger partial charge in [-0.1, -0.05) is 109 Å². The van der Waals surface area contributed by atoms with Crippen molar-refractivity contribution in [2.75, 3.05) is 0 Å². The van der Waals surface area contributed by atoms with Crippen molar-refractivity contribution in [3.8, 4) is 44.5 Å².